The minimum atomic E-state index is -0.407. The molecule has 0 aliphatic rings. The minimum absolute atomic E-state index is 0.146. The van der Waals surface area contributed by atoms with Crippen molar-refractivity contribution in [3.63, 3.8) is 0 Å². The van der Waals surface area contributed by atoms with E-state index in [1.54, 1.807) is 12.5 Å². The molecule has 6 heteroatoms. The zero-order chi connectivity index (χ0) is 16.1. The van der Waals surface area contributed by atoms with Crippen LogP contribution in [0.3, 0.4) is 0 Å². The zero-order valence-electron chi connectivity index (χ0n) is 12.3. The van der Waals surface area contributed by atoms with Crippen LogP contribution < -0.4 is 5.32 Å². The molecule has 0 spiro atoms. The second-order valence-electron chi connectivity index (χ2n) is 5.05. The summed E-state index contributed by atoms with van der Waals surface area (Å²) in [6.45, 7) is -0.146. The Labute approximate surface area is 137 Å². The molecule has 0 aliphatic carbocycles. The van der Waals surface area contributed by atoms with E-state index in [1.807, 2.05) is 41.8 Å². The van der Waals surface area contributed by atoms with Gasteiger partial charge in [0.1, 0.15) is 11.3 Å². The lowest BCUT2D eigenvalue weighted by Gasteiger charge is -2.16. The van der Waals surface area contributed by atoms with Crippen molar-refractivity contribution < 1.29 is 14.3 Å². The van der Waals surface area contributed by atoms with E-state index >= 15 is 0 Å². The number of carbonyl (C=O) groups is 1. The molecule has 2 N–H and O–H groups in total. The van der Waals surface area contributed by atoms with E-state index in [0.717, 1.165) is 16.1 Å². The monoisotopic (exact) mass is 328 g/mol. The first kappa shape index (κ1) is 15.5. The molecule has 23 heavy (non-hydrogen) atoms. The number of aliphatic hydroxyl groups is 1. The number of thiazole rings is 1. The summed E-state index contributed by atoms with van der Waals surface area (Å²) in [7, 11) is 0. The molecular weight excluding hydrogens is 312 g/mol. The Balaban J connectivity index is 1.63. The molecule has 0 saturated carbocycles. The first-order valence-corrected chi connectivity index (χ1v) is 8.06. The van der Waals surface area contributed by atoms with Crippen LogP contribution >= 0.6 is 11.3 Å². The predicted octanol–water partition coefficient (Wildman–Crippen LogP) is 2.80. The lowest BCUT2D eigenvalue weighted by molar-refractivity contribution is -0.121. The highest BCUT2D eigenvalue weighted by molar-refractivity contribution is 7.13. The van der Waals surface area contributed by atoms with Gasteiger partial charge in [0.15, 0.2) is 0 Å². The van der Waals surface area contributed by atoms with Gasteiger partial charge < -0.3 is 14.8 Å². The van der Waals surface area contributed by atoms with Gasteiger partial charge in [0, 0.05) is 10.9 Å². The highest BCUT2D eigenvalue weighted by Crippen LogP contribution is 2.24. The number of aliphatic hydroxyl groups excluding tert-OH is 1. The summed E-state index contributed by atoms with van der Waals surface area (Å²) in [6, 6.07) is 10.8. The van der Waals surface area contributed by atoms with Gasteiger partial charge in [0.25, 0.3) is 0 Å². The molecule has 2 aromatic heterocycles. The molecule has 118 valence electrons. The molecule has 2 heterocycles. The zero-order valence-corrected chi connectivity index (χ0v) is 13.1. The summed E-state index contributed by atoms with van der Waals surface area (Å²) < 4.78 is 5.04. The number of rotatable bonds is 6. The number of hydrogen-bond acceptors (Lipinski definition) is 5. The third kappa shape index (κ3) is 3.85. The summed E-state index contributed by atoms with van der Waals surface area (Å²) in [6.07, 6.45) is 3.40. The molecule has 1 aromatic carbocycles. The molecule has 3 rings (SSSR count). The predicted molar refractivity (Wildman–Crippen MR) is 87.9 cm³/mol. The number of furan rings is 1. The molecule has 0 radical (unpaired) electrons. The number of hydrogen-bond donors (Lipinski definition) is 2. The average molecular weight is 328 g/mol. The van der Waals surface area contributed by atoms with Gasteiger partial charge in [-0.25, -0.2) is 4.98 Å². The Morgan fingerprint density at radius 3 is 2.83 bits per heavy atom. The van der Waals surface area contributed by atoms with Gasteiger partial charge in [-0.1, -0.05) is 30.3 Å². The van der Waals surface area contributed by atoms with Crippen molar-refractivity contribution in [2.75, 3.05) is 6.61 Å². The number of benzene rings is 1. The highest BCUT2D eigenvalue weighted by Gasteiger charge is 2.15. The third-order valence-corrected chi connectivity index (χ3v) is 4.32. The van der Waals surface area contributed by atoms with Gasteiger partial charge in [-0.3, -0.25) is 4.79 Å². The fraction of sp³-hybridized carbons (Fsp3) is 0.176. The van der Waals surface area contributed by atoms with Crippen LogP contribution in [0, 0.1) is 0 Å². The maximum absolute atomic E-state index is 12.2. The maximum Gasteiger partial charge on any atom is 0.226 e. The second-order valence-corrected chi connectivity index (χ2v) is 5.90. The Morgan fingerprint density at radius 2 is 2.13 bits per heavy atom. The minimum Gasteiger partial charge on any atom is -0.472 e. The molecule has 0 bridgehead atoms. The van der Waals surface area contributed by atoms with Crippen LogP contribution in [0.2, 0.25) is 0 Å². The first-order chi connectivity index (χ1) is 11.3. The van der Waals surface area contributed by atoms with E-state index in [9.17, 15) is 9.90 Å². The molecule has 1 atom stereocenters. The fourth-order valence-electron chi connectivity index (χ4n) is 2.24. The van der Waals surface area contributed by atoms with Crippen LogP contribution in [-0.2, 0) is 11.2 Å². The maximum atomic E-state index is 12.2. The molecule has 0 aliphatic heterocycles. The van der Waals surface area contributed by atoms with E-state index in [1.165, 1.54) is 11.3 Å². The number of aromatic nitrogens is 1. The van der Waals surface area contributed by atoms with Crippen LogP contribution in [-0.4, -0.2) is 22.6 Å². The van der Waals surface area contributed by atoms with Crippen LogP contribution in [0.5, 0.6) is 0 Å². The Morgan fingerprint density at radius 1 is 1.30 bits per heavy atom. The molecule has 3 aromatic rings. The number of nitrogens with zero attached hydrogens (tertiary/aromatic N) is 1. The quantitative estimate of drug-likeness (QED) is 0.729. The van der Waals surface area contributed by atoms with Crippen molar-refractivity contribution in [3.05, 3.63) is 65.6 Å². The van der Waals surface area contributed by atoms with Crippen molar-refractivity contribution in [2.24, 2.45) is 0 Å². The average Bonchev–Trinajstić information content (AvgIpc) is 3.24. The summed E-state index contributed by atoms with van der Waals surface area (Å²) in [5, 5.41) is 15.0. The van der Waals surface area contributed by atoms with Crippen LogP contribution in [0.15, 0.2) is 58.7 Å². The Hall–Kier alpha value is -2.44. The number of carbonyl (C=O) groups excluding carboxylic acids is 1. The van der Waals surface area contributed by atoms with E-state index in [2.05, 4.69) is 10.3 Å². The molecule has 1 amide bonds. The van der Waals surface area contributed by atoms with Gasteiger partial charge in [0.05, 0.1) is 31.0 Å². The van der Waals surface area contributed by atoms with Gasteiger partial charge in [-0.05, 0) is 11.6 Å². The van der Waals surface area contributed by atoms with E-state index in [-0.39, 0.29) is 18.9 Å². The third-order valence-electron chi connectivity index (χ3n) is 3.38. The smallest absolute Gasteiger partial charge is 0.226 e. The van der Waals surface area contributed by atoms with E-state index < -0.39 is 6.04 Å². The van der Waals surface area contributed by atoms with Crippen LogP contribution in [0.25, 0.3) is 10.6 Å². The normalized spacial score (nSPS) is 12.0. The van der Waals surface area contributed by atoms with Crippen LogP contribution in [0.4, 0.5) is 0 Å². The van der Waals surface area contributed by atoms with Crippen molar-refractivity contribution in [2.45, 2.75) is 12.5 Å². The summed E-state index contributed by atoms with van der Waals surface area (Å²) >= 11 is 1.47. The SMILES string of the molecule is O=C(Cc1csc(-c2ccoc2)n1)NC(CO)c1ccccc1. The summed E-state index contributed by atoms with van der Waals surface area (Å²) in [4.78, 5) is 16.6. The first-order valence-electron chi connectivity index (χ1n) is 7.18. The van der Waals surface area contributed by atoms with Gasteiger partial charge in [-0.2, -0.15) is 0 Å². The number of nitrogens with one attached hydrogen (secondary N) is 1. The standard InChI is InChI=1S/C17H16N2O3S/c20-9-15(12-4-2-1-3-5-12)19-16(21)8-14-11-23-17(18-14)13-6-7-22-10-13/h1-7,10-11,15,20H,8-9H2,(H,19,21). The highest BCUT2D eigenvalue weighted by atomic mass is 32.1. The molecule has 5 nitrogen and oxygen atoms in total. The molecule has 1 unspecified atom stereocenters. The van der Waals surface area contributed by atoms with Crippen LogP contribution in [0.1, 0.15) is 17.3 Å². The lowest BCUT2D eigenvalue weighted by atomic mass is 10.1. The molecular formula is C17H16N2O3S. The number of amides is 1. The largest absolute Gasteiger partial charge is 0.472 e. The van der Waals surface area contributed by atoms with Gasteiger partial charge in [-0.15, -0.1) is 11.3 Å². The van der Waals surface area contributed by atoms with Crippen molar-refractivity contribution in [1.29, 1.82) is 0 Å². The Bertz CT molecular complexity index is 753. The van der Waals surface area contributed by atoms with Crippen molar-refractivity contribution >= 4 is 17.2 Å². The summed E-state index contributed by atoms with van der Waals surface area (Å²) in [5.74, 6) is -0.169. The van der Waals surface area contributed by atoms with Gasteiger partial charge >= 0.3 is 0 Å². The van der Waals surface area contributed by atoms with E-state index in [0.29, 0.717) is 5.69 Å². The topological polar surface area (TPSA) is 75.4 Å². The van der Waals surface area contributed by atoms with Gasteiger partial charge in [0.2, 0.25) is 5.91 Å². The van der Waals surface area contributed by atoms with Crippen molar-refractivity contribution in [3.8, 4) is 10.6 Å². The second kappa shape index (κ2) is 7.21. The molecule has 0 saturated heterocycles. The van der Waals surface area contributed by atoms with E-state index in [4.69, 9.17) is 4.42 Å². The summed E-state index contributed by atoms with van der Waals surface area (Å²) in [5.41, 5.74) is 2.48. The fourth-order valence-corrected chi connectivity index (χ4v) is 3.04. The van der Waals surface area contributed by atoms with Crippen molar-refractivity contribution in [1.82, 2.24) is 10.3 Å². The molecule has 0 fully saturated rings. The lowest BCUT2D eigenvalue weighted by Crippen LogP contribution is -2.32. The Kier molecular flexibility index (Phi) is 4.85.